The second-order valence-corrected chi connectivity index (χ2v) is 5.17. The van der Waals surface area contributed by atoms with Crippen LogP contribution in [-0.2, 0) is 13.5 Å². The minimum atomic E-state index is 0.0946. The Morgan fingerprint density at radius 1 is 1.33 bits per heavy atom. The van der Waals surface area contributed by atoms with Crippen LogP contribution in [0.4, 0.5) is 0 Å². The Balaban J connectivity index is 2.31. The lowest BCUT2D eigenvalue weighted by Crippen LogP contribution is -2.19. The van der Waals surface area contributed by atoms with Gasteiger partial charge in [0.2, 0.25) is 0 Å². The molecule has 0 saturated heterocycles. The summed E-state index contributed by atoms with van der Waals surface area (Å²) >= 11 is 6.27. The van der Waals surface area contributed by atoms with Crippen LogP contribution in [0.1, 0.15) is 17.3 Å². The zero-order chi connectivity index (χ0) is 15.4. The summed E-state index contributed by atoms with van der Waals surface area (Å²) in [5.41, 5.74) is 2.05. The first-order valence-electron chi connectivity index (χ1n) is 6.66. The van der Waals surface area contributed by atoms with Gasteiger partial charge in [-0.1, -0.05) is 11.6 Å². The molecule has 0 saturated carbocycles. The lowest BCUT2D eigenvalue weighted by atomic mass is 10.0. The van der Waals surface area contributed by atoms with Gasteiger partial charge in [0.05, 0.1) is 24.9 Å². The summed E-state index contributed by atoms with van der Waals surface area (Å²) in [5, 5.41) is 8.23. The fourth-order valence-corrected chi connectivity index (χ4v) is 2.60. The monoisotopic (exact) mass is 309 g/mol. The molecule has 1 N–H and O–H groups in total. The molecule has 1 heterocycles. The molecule has 0 aliphatic carbocycles. The number of nitrogens with zero attached hydrogens (tertiary/aromatic N) is 2. The molecule has 1 unspecified atom stereocenters. The summed E-state index contributed by atoms with van der Waals surface area (Å²) in [6, 6.07) is 5.94. The molecule has 114 valence electrons. The van der Waals surface area contributed by atoms with Crippen molar-refractivity contribution in [3.8, 4) is 11.5 Å². The summed E-state index contributed by atoms with van der Waals surface area (Å²) in [6.07, 6.45) is 2.70. The number of likely N-dealkylation sites (N-methyl/N-ethyl adjacent to an activating group) is 1. The summed E-state index contributed by atoms with van der Waals surface area (Å²) in [4.78, 5) is 0. The van der Waals surface area contributed by atoms with E-state index in [1.807, 2.05) is 38.5 Å². The molecule has 1 aromatic carbocycles. The highest BCUT2D eigenvalue weighted by Crippen LogP contribution is 2.38. The number of methoxy groups -OCH3 is 2. The number of aryl methyl sites for hydroxylation is 1. The molecule has 0 radical (unpaired) electrons. The molecule has 0 aliphatic rings. The zero-order valence-corrected chi connectivity index (χ0v) is 13.4. The number of ether oxygens (including phenoxy) is 2. The second-order valence-electron chi connectivity index (χ2n) is 4.76. The van der Waals surface area contributed by atoms with Crippen molar-refractivity contribution in [3.63, 3.8) is 0 Å². The van der Waals surface area contributed by atoms with E-state index in [9.17, 15) is 0 Å². The Labute approximate surface area is 129 Å². The Hall–Kier alpha value is -1.72. The molecule has 0 fully saturated rings. The Morgan fingerprint density at radius 3 is 2.62 bits per heavy atom. The molecule has 1 aromatic heterocycles. The predicted molar refractivity (Wildman–Crippen MR) is 83.3 cm³/mol. The van der Waals surface area contributed by atoms with Crippen LogP contribution in [0, 0.1) is 0 Å². The van der Waals surface area contributed by atoms with Crippen LogP contribution in [0.25, 0.3) is 0 Å². The van der Waals surface area contributed by atoms with E-state index in [1.165, 1.54) is 0 Å². The standard InChI is InChI=1S/C15H20ClN3O2/c1-17-13(9-11-5-6-19(2)18-11)10-7-12(16)15(21-4)14(8-10)20-3/h5-8,13,17H,9H2,1-4H3. The fraction of sp³-hybridized carbons (Fsp3) is 0.400. The first-order valence-corrected chi connectivity index (χ1v) is 7.04. The molecule has 1 atom stereocenters. The molecule has 0 spiro atoms. The maximum Gasteiger partial charge on any atom is 0.179 e. The van der Waals surface area contributed by atoms with E-state index >= 15 is 0 Å². The molecule has 0 amide bonds. The lowest BCUT2D eigenvalue weighted by Gasteiger charge is -2.18. The third-order valence-corrected chi connectivity index (χ3v) is 3.67. The molecule has 0 bridgehead atoms. The third-order valence-electron chi connectivity index (χ3n) is 3.39. The summed E-state index contributed by atoms with van der Waals surface area (Å²) in [6.45, 7) is 0. The number of rotatable bonds is 6. The van der Waals surface area contributed by atoms with Crippen molar-refractivity contribution < 1.29 is 9.47 Å². The summed E-state index contributed by atoms with van der Waals surface area (Å²) < 4.78 is 12.4. The first-order chi connectivity index (χ1) is 10.1. The maximum atomic E-state index is 6.27. The van der Waals surface area contributed by atoms with E-state index in [0.29, 0.717) is 16.5 Å². The molecule has 2 rings (SSSR count). The van der Waals surface area contributed by atoms with Crippen molar-refractivity contribution >= 4 is 11.6 Å². The van der Waals surface area contributed by atoms with Crippen molar-refractivity contribution in [1.29, 1.82) is 0 Å². The Morgan fingerprint density at radius 2 is 2.10 bits per heavy atom. The SMILES string of the molecule is CNC(Cc1ccn(C)n1)c1cc(Cl)c(OC)c(OC)c1. The zero-order valence-electron chi connectivity index (χ0n) is 12.7. The van der Waals surface area contributed by atoms with Gasteiger partial charge in [-0.05, 0) is 30.8 Å². The number of nitrogens with one attached hydrogen (secondary N) is 1. The normalized spacial score (nSPS) is 12.2. The number of aromatic nitrogens is 2. The number of benzene rings is 1. The van der Waals surface area contributed by atoms with Crippen LogP contribution in [0.3, 0.4) is 0 Å². The molecular formula is C15H20ClN3O2. The van der Waals surface area contributed by atoms with Crippen LogP contribution in [0.15, 0.2) is 24.4 Å². The predicted octanol–water partition coefficient (Wildman–Crippen LogP) is 2.59. The smallest absolute Gasteiger partial charge is 0.179 e. The maximum absolute atomic E-state index is 6.27. The number of hydrogen-bond donors (Lipinski definition) is 1. The van der Waals surface area contributed by atoms with Crippen LogP contribution in [0.2, 0.25) is 5.02 Å². The highest BCUT2D eigenvalue weighted by atomic mass is 35.5. The van der Waals surface area contributed by atoms with Gasteiger partial charge < -0.3 is 14.8 Å². The largest absolute Gasteiger partial charge is 0.493 e. The van der Waals surface area contributed by atoms with Gasteiger partial charge in [-0.3, -0.25) is 4.68 Å². The molecule has 5 nitrogen and oxygen atoms in total. The fourth-order valence-electron chi connectivity index (χ4n) is 2.31. The van der Waals surface area contributed by atoms with Crippen molar-refractivity contribution in [3.05, 3.63) is 40.7 Å². The quantitative estimate of drug-likeness (QED) is 0.891. The third kappa shape index (κ3) is 3.49. The van der Waals surface area contributed by atoms with Crippen LogP contribution in [0.5, 0.6) is 11.5 Å². The minimum Gasteiger partial charge on any atom is -0.493 e. The topological polar surface area (TPSA) is 48.3 Å². The average molecular weight is 310 g/mol. The van der Waals surface area contributed by atoms with E-state index in [-0.39, 0.29) is 6.04 Å². The number of halogens is 1. The van der Waals surface area contributed by atoms with Gasteiger partial charge in [0.15, 0.2) is 11.5 Å². The van der Waals surface area contributed by atoms with Gasteiger partial charge in [-0.15, -0.1) is 0 Å². The Kier molecular flexibility index (Phi) is 5.09. The van der Waals surface area contributed by atoms with Crippen LogP contribution >= 0.6 is 11.6 Å². The van der Waals surface area contributed by atoms with E-state index in [1.54, 1.807) is 18.9 Å². The highest BCUT2D eigenvalue weighted by Gasteiger charge is 2.17. The summed E-state index contributed by atoms with van der Waals surface area (Å²) in [7, 11) is 7.00. The minimum absolute atomic E-state index is 0.0946. The van der Waals surface area contributed by atoms with Gasteiger partial charge >= 0.3 is 0 Å². The van der Waals surface area contributed by atoms with Gasteiger partial charge in [0.25, 0.3) is 0 Å². The molecule has 21 heavy (non-hydrogen) atoms. The van der Waals surface area contributed by atoms with Crippen molar-refractivity contribution in [1.82, 2.24) is 15.1 Å². The molecular weight excluding hydrogens is 290 g/mol. The molecule has 0 aliphatic heterocycles. The lowest BCUT2D eigenvalue weighted by molar-refractivity contribution is 0.354. The second kappa shape index (κ2) is 6.83. The van der Waals surface area contributed by atoms with Gasteiger partial charge in [0.1, 0.15) is 0 Å². The van der Waals surface area contributed by atoms with Crippen molar-refractivity contribution in [2.45, 2.75) is 12.5 Å². The molecule has 6 heteroatoms. The average Bonchev–Trinajstić information content (AvgIpc) is 2.89. The highest BCUT2D eigenvalue weighted by molar-refractivity contribution is 6.32. The van der Waals surface area contributed by atoms with Gasteiger partial charge in [0, 0.05) is 25.7 Å². The van der Waals surface area contributed by atoms with Crippen LogP contribution in [-0.4, -0.2) is 31.0 Å². The van der Waals surface area contributed by atoms with E-state index in [0.717, 1.165) is 17.7 Å². The van der Waals surface area contributed by atoms with Gasteiger partial charge in [-0.2, -0.15) is 5.10 Å². The van der Waals surface area contributed by atoms with Crippen molar-refractivity contribution in [2.24, 2.45) is 7.05 Å². The van der Waals surface area contributed by atoms with Crippen LogP contribution < -0.4 is 14.8 Å². The van der Waals surface area contributed by atoms with E-state index in [4.69, 9.17) is 21.1 Å². The van der Waals surface area contributed by atoms with E-state index < -0.39 is 0 Å². The molecule has 2 aromatic rings. The number of hydrogen-bond acceptors (Lipinski definition) is 4. The van der Waals surface area contributed by atoms with E-state index in [2.05, 4.69) is 10.4 Å². The van der Waals surface area contributed by atoms with Crippen molar-refractivity contribution in [2.75, 3.05) is 21.3 Å². The summed E-state index contributed by atoms with van der Waals surface area (Å²) in [5.74, 6) is 1.18. The van der Waals surface area contributed by atoms with Gasteiger partial charge in [-0.25, -0.2) is 0 Å². The Bertz CT molecular complexity index is 613. The first kappa shape index (κ1) is 15.7.